The summed E-state index contributed by atoms with van der Waals surface area (Å²) < 4.78 is 1.67. The predicted octanol–water partition coefficient (Wildman–Crippen LogP) is 2.66. The molecular formula is C17H23N3O2S. The van der Waals surface area contributed by atoms with Gasteiger partial charge in [-0.2, -0.15) is 0 Å². The zero-order chi connectivity index (χ0) is 16.8. The monoisotopic (exact) mass is 333 g/mol. The molecule has 6 heteroatoms. The lowest BCUT2D eigenvalue weighted by Gasteiger charge is -2.09. The number of thiazole rings is 1. The van der Waals surface area contributed by atoms with Crippen molar-refractivity contribution in [2.75, 3.05) is 11.9 Å². The summed E-state index contributed by atoms with van der Waals surface area (Å²) in [6.45, 7) is 8.00. The number of nitrogens with zero attached hydrogens (tertiary/aromatic N) is 1. The maximum atomic E-state index is 12.1. The van der Waals surface area contributed by atoms with Gasteiger partial charge >= 0.3 is 4.87 Å². The summed E-state index contributed by atoms with van der Waals surface area (Å²) in [7, 11) is 0. The molecule has 23 heavy (non-hydrogen) atoms. The quantitative estimate of drug-likeness (QED) is 0.819. The summed E-state index contributed by atoms with van der Waals surface area (Å²) >= 11 is 1.23. The van der Waals surface area contributed by atoms with E-state index in [9.17, 15) is 9.59 Å². The molecule has 0 fully saturated rings. The first kappa shape index (κ1) is 17.4. The second-order valence-electron chi connectivity index (χ2n) is 5.44. The summed E-state index contributed by atoms with van der Waals surface area (Å²) in [6, 6.07) is 7.79. The van der Waals surface area contributed by atoms with Crippen molar-refractivity contribution in [2.45, 2.75) is 40.3 Å². The van der Waals surface area contributed by atoms with Gasteiger partial charge in [0.05, 0.1) is 0 Å². The number of aromatic nitrogens is 1. The first-order valence-electron chi connectivity index (χ1n) is 7.77. The van der Waals surface area contributed by atoms with E-state index in [0.717, 1.165) is 34.9 Å². The molecule has 1 heterocycles. The molecule has 2 aromatic rings. The fraction of sp³-hybridized carbons (Fsp3) is 0.412. The minimum atomic E-state index is -0.0826. The summed E-state index contributed by atoms with van der Waals surface area (Å²) in [4.78, 5) is 24.9. The Bertz CT molecular complexity index is 734. The van der Waals surface area contributed by atoms with E-state index in [-0.39, 0.29) is 17.2 Å². The van der Waals surface area contributed by atoms with Crippen LogP contribution in [0.4, 0.5) is 5.69 Å². The fourth-order valence-electron chi connectivity index (χ4n) is 2.31. The van der Waals surface area contributed by atoms with Crippen LogP contribution in [-0.4, -0.2) is 17.0 Å². The van der Waals surface area contributed by atoms with E-state index in [4.69, 9.17) is 0 Å². The van der Waals surface area contributed by atoms with Crippen LogP contribution in [-0.2, 0) is 17.9 Å². The maximum absolute atomic E-state index is 12.1. The first-order valence-corrected chi connectivity index (χ1v) is 8.59. The molecule has 0 bridgehead atoms. The third kappa shape index (κ3) is 4.77. The molecule has 1 aromatic heterocycles. The van der Waals surface area contributed by atoms with Gasteiger partial charge in [0.25, 0.3) is 0 Å². The third-order valence-electron chi connectivity index (χ3n) is 3.73. The molecule has 0 aliphatic heterocycles. The highest BCUT2D eigenvalue weighted by atomic mass is 32.1. The van der Waals surface area contributed by atoms with E-state index in [2.05, 4.69) is 17.6 Å². The van der Waals surface area contributed by atoms with E-state index in [1.807, 2.05) is 38.1 Å². The number of amides is 1. The molecule has 0 saturated heterocycles. The number of benzene rings is 1. The van der Waals surface area contributed by atoms with E-state index >= 15 is 0 Å². The third-order valence-corrected chi connectivity index (χ3v) is 4.72. The standard InChI is InChI=1S/C17H23N3O2S/c1-4-18-11-14-6-5-7-15(10-14)19-16(21)8-9-20-12(2)13(3)23-17(20)22/h5-7,10,18H,4,8-9,11H2,1-3H3,(H,19,21). The van der Waals surface area contributed by atoms with Gasteiger partial charge in [0, 0.05) is 35.8 Å². The molecule has 1 aromatic carbocycles. The average molecular weight is 333 g/mol. The van der Waals surface area contributed by atoms with Crippen molar-refractivity contribution >= 4 is 22.9 Å². The Labute approximate surface area is 140 Å². The Kier molecular flexibility index (Phi) is 6.12. The molecule has 0 radical (unpaired) electrons. The number of aryl methyl sites for hydroxylation is 1. The first-order chi connectivity index (χ1) is 11.0. The maximum Gasteiger partial charge on any atom is 0.307 e. The van der Waals surface area contributed by atoms with Crippen molar-refractivity contribution < 1.29 is 4.79 Å². The van der Waals surface area contributed by atoms with Crippen LogP contribution in [0.15, 0.2) is 29.1 Å². The Morgan fingerprint density at radius 1 is 1.30 bits per heavy atom. The molecular weight excluding hydrogens is 310 g/mol. The molecule has 1 amide bonds. The van der Waals surface area contributed by atoms with Crippen LogP contribution in [0.25, 0.3) is 0 Å². The number of anilines is 1. The van der Waals surface area contributed by atoms with Crippen LogP contribution >= 0.6 is 11.3 Å². The number of hydrogen-bond donors (Lipinski definition) is 2. The molecule has 0 saturated carbocycles. The number of hydrogen-bond acceptors (Lipinski definition) is 4. The van der Waals surface area contributed by atoms with Crippen molar-refractivity contribution in [2.24, 2.45) is 0 Å². The minimum Gasteiger partial charge on any atom is -0.326 e. The average Bonchev–Trinajstić information content (AvgIpc) is 2.76. The fourth-order valence-corrected chi connectivity index (χ4v) is 3.17. The second kappa shape index (κ2) is 8.08. The molecule has 2 N–H and O–H groups in total. The highest BCUT2D eigenvalue weighted by molar-refractivity contribution is 7.09. The van der Waals surface area contributed by atoms with E-state index in [0.29, 0.717) is 6.54 Å². The van der Waals surface area contributed by atoms with E-state index in [1.165, 1.54) is 11.3 Å². The van der Waals surface area contributed by atoms with Crippen LogP contribution in [0, 0.1) is 13.8 Å². The van der Waals surface area contributed by atoms with Crippen LogP contribution < -0.4 is 15.5 Å². The molecule has 0 unspecified atom stereocenters. The van der Waals surface area contributed by atoms with Gasteiger partial charge in [-0.3, -0.25) is 9.59 Å². The van der Waals surface area contributed by atoms with Crippen molar-refractivity contribution in [3.05, 3.63) is 50.1 Å². The normalized spacial score (nSPS) is 10.7. The van der Waals surface area contributed by atoms with Crippen molar-refractivity contribution in [1.82, 2.24) is 9.88 Å². The van der Waals surface area contributed by atoms with Crippen LogP contribution in [0.2, 0.25) is 0 Å². The zero-order valence-corrected chi connectivity index (χ0v) is 14.6. The Morgan fingerprint density at radius 2 is 2.09 bits per heavy atom. The molecule has 124 valence electrons. The van der Waals surface area contributed by atoms with Gasteiger partial charge in [0.15, 0.2) is 0 Å². The molecule has 0 aliphatic carbocycles. The number of carbonyl (C=O) groups is 1. The van der Waals surface area contributed by atoms with Gasteiger partial charge < -0.3 is 15.2 Å². The summed E-state index contributed by atoms with van der Waals surface area (Å²) in [5.74, 6) is -0.0826. The topological polar surface area (TPSA) is 63.1 Å². The van der Waals surface area contributed by atoms with Gasteiger partial charge in [0.1, 0.15) is 0 Å². The zero-order valence-electron chi connectivity index (χ0n) is 13.8. The van der Waals surface area contributed by atoms with Gasteiger partial charge in [0.2, 0.25) is 5.91 Å². The van der Waals surface area contributed by atoms with Crippen molar-refractivity contribution in [1.29, 1.82) is 0 Å². The van der Waals surface area contributed by atoms with Gasteiger partial charge in [-0.25, -0.2) is 0 Å². The minimum absolute atomic E-state index is 0.000405. The number of rotatable bonds is 7. The van der Waals surface area contributed by atoms with Gasteiger partial charge in [-0.05, 0) is 38.1 Å². The summed E-state index contributed by atoms with van der Waals surface area (Å²) in [5, 5.41) is 6.15. The number of nitrogens with one attached hydrogen (secondary N) is 2. The smallest absolute Gasteiger partial charge is 0.307 e. The van der Waals surface area contributed by atoms with Crippen LogP contribution in [0.3, 0.4) is 0 Å². The summed E-state index contributed by atoms with van der Waals surface area (Å²) in [5.41, 5.74) is 2.86. The molecule has 0 atom stereocenters. The van der Waals surface area contributed by atoms with Crippen molar-refractivity contribution in [3.8, 4) is 0 Å². The van der Waals surface area contributed by atoms with Gasteiger partial charge in [-0.15, -0.1) is 0 Å². The molecule has 0 aliphatic rings. The van der Waals surface area contributed by atoms with Gasteiger partial charge in [-0.1, -0.05) is 30.4 Å². The van der Waals surface area contributed by atoms with E-state index in [1.54, 1.807) is 4.57 Å². The Balaban J connectivity index is 1.93. The molecule has 2 rings (SSSR count). The van der Waals surface area contributed by atoms with Crippen LogP contribution in [0.1, 0.15) is 29.5 Å². The van der Waals surface area contributed by atoms with Crippen molar-refractivity contribution in [3.63, 3.8) is 0 Å². The largest absolute Gasteiger partial charge is 0.326 e. The lowest BCUT2D eigenvalue weighted by atomic mass is 10.2. The lowest BCUT2D eigenvalue weighted by molar-refractivity contribution is -0.116. The summed E-state index contributed by atoms with van der Waals surface area (Å²) in [6.07, 6.45) is 0.286. The lowest BCUT2D eigenvalue weighted by Crippen LogP contribution is -2.20. The SMILES string of the molecule is CCNCc1cccc(NC(=O)CCn2c(C)c(C)sc2=O)c1. The van der Waals surface area contributed by atoms with E-state index < -0.39 is 0 Å². The number of carbonyl (C=O) groups excluding carboxylic acids is 1. The molecule has 0 spiro atoms. The highest BCUT2D eigenvalue weighted by Gasteiger charge is 2.09. The second-order valence-corrected chi connectivity index (χ2v) is 6.61. The molecule has 5 nitrogen and oxygen atoms in total. The van der Waals surface area contributed by atoms with Crippen LogP contribution in [0.5, 0.6) is 0 Å². The Hall–Kier alpha value is -1.92. The predicted molar refractivity (Wildman–Crippen MR) is 95.1 cm³/mol. The highest BCUT2D eigenvalue weighted by Crippen LogP contribution is 2.12. The Morgan fingerprint density at radius 3 is 2.74 bits per heavy atom.